The summed E-state index contributed by atoms with van der Waals surface area (Å²) in [6.45, 7) is 8.98. The van der Waals surface area contributed by atoms with Gasteiger partial charge in [-0.1, -0.05) is 23.5 Å². The molecule has 2 aromatic carbocycles. The molecule has 0 atom stereocenters. The molecule has 2 N–H and O–H groups in total. The fourth-order valence-electron chi connectivity index (χ4n) is 4.51. The summed E-state index contributed by atoms with van der Waals surface area (Å²) in [6.07, 6.45) is 3.30. The van der Waals surface area contributed by atoms with Gasteiger partial charge in [-0.05, 0) is 81.5 Å². The maximum atomic E-state index is 10.9. The Hall–Kier alpha value is -3.28. The number of ether oxygens (including phenoxy) is 1. The number of rotatable bonds is 9. The van der Waals surface area contributed by atoms with Crippen molar-refractivity contribution < 1.29 is 9.53 Å². The lowest BCUT2D eigenvalue weighted by Crippen LogP contribution is -2.32. The zero-order chi connectivity index (χ0) is 24.9. The van der Waals surface area contributed by atoms with Crippen LogP contribution in [0.4, 0.5) is 0 Å². The smallest absolute Gasteiger partial charge is 0.217 e. The Bertz CT molecular complexity index is 1260. The summed E-state index contributed by atoms with van der Waals surface area (Å²) >= 11 is 1.54. The third kappa shape index (κ3) is 5.87. The average molecular weight is 490 g/mol. The van der Waals surface area contributed by atoms with Crippen molar-refractivity contribution >= 4 is 17.2 Å². The van der Waals surface area contributed by atoms with Crippen LogP contribution >= 0.6 is 11.3 Å². The van der Waals surface area contributed by atoms with Crippen LogP contribution in [0.3, 0.4) is 0 Å². The number of nitrogens with zero attached hydrogens (tertiary/aromatic N) is 4. The molecule has 7 nitrogen and oxygen atoms in total. The summed E-state index contributed by atoms with van der Waals surface area (Å²) in [5.41, 5.74) is 11.7. The highest BCUT2D eigenvalue weighted by molar-refractivity contribution is 7.17. The predicted octanol–water partition coefficient (Wildman–Crippen LogP) is 4.85. The zero-order valence-electron chi connectivity index (χ0n) is 20.5. The molecular weight excluding hydrogens is 458 g/mol. The van der Waals surface area contributed by atoms with Gasteiger partial charge in [-0.2, -0.15) is 5.26 Å². The van der Waals surface area contributed by atoms with Gasteiger partial charge in [-0.25, -0.2) is 0 Å². The minimum atomic E-state index is -0.223. The van der Waals surface area contributed by atoms with Crippen molar-refractivity contribution in [2.45, 2.75) is 59.1 Å². The van der Waals surface area contributed by atoms with Crippen molar-refractivity contribution in [3.8, 4) is 33.0 Å². The first-order chi connectivity index (χ1) is 16.9. The second-order valence-electron chi connectivity index (χ2n) is 9.23. The molecule has 3 aromatic rings. The summed E-state index contributed by atoms with van der Waals surface area (Å²) in [7, 11) is 0. The van der Waals surface area contributed by atoms with E-state index in [2.05, 4.69) is 40.2 Å². The Labute approximate surface area is 210 Å². The van der Waals surface area contributed by atoms with Crippen LogP contribution in [-0.2, 0) is 17.8 Å². The Kier molecular flexibility index (Phi) is 7.79. The lowest BCUT2D eigenvalue weighted by molar-refractivity contribution is -0.118. The summed E-state index contributed by atoms with van der Waals surface area (Å²) in [6, 6.07) is 12.2. The van der Waals surface area contributed by atoms with Crippen LogP contribution in [0.15, 0.2) is 30.3 Å². The highest BCUT2D eigenvalue weighted by Gasteiger charge is 2.21. The second kappa shape index (κ2) is 11.0. The molecule has 0 aliphatic carbocycles. The van der Waals surface area contributed by atoms with Gasteiger partial charge < -0.3 is 10.5 Å². The molecule has 0 saturated heterocycles. The number of nitriles is 1. The van der Waals surface area contributed by atoms with Gasteiger partial charge >= 0.3 is 0 Å². The van der Waals surface area contributed by atoms with Crippen LogP contribution in [0.5, 0.6) is 5.75 Å². The molecule has 2 heterocycles. The molecule has 35 heavy (non-hydrogen) atoms. The Morgan fingerprint density at radius 2 is 2.03 bits per heavy atom. The first-order valence-corrected chi connectivity index (χ1v) is 12.8. The molecule has 0 radical (unpaired) electrons. The number of hydrogen-bond acceptors (Lipinski definition) is 7. The number of amides is 1. The number of fused-ring (bicyclic) bond motifs is 1. The maximum absolute atomic E-state index is 10.9. The molecule has 0 bridgehead atoms. The van der Waals surface area contributed by atoms with Crippen molar-refractivity contribution in [1.29, 1.82) is 5.26 Å². The lowest BCUT2D eigenvalue weighted by Gasteiger charge is -2.30. The van der Waals surface area contributed by atoms with Gasteiger partial charge in [-0.3, -0.25) is 9.69 Å². The number of unbranched alkanes of at least 4 members (excludes halogenated alkanes) is 1. The zero-order valence-corrected chi connectivity index (χ0v) is 21.3. The third-order valence-electron chi connectivity index (χ3n) is 6.28. The van der Waals surface area contributed by atoms with Gasteiger partial charge in [0.1, 0.15) is 21.8 Å². The number of primary amides is 1. The Balaban J connectivity index is 1.50. The van der Waals surface area contributed by atoms with Crippen LogP contribution in [0, 0.1) is 18.3 Å². The maximum Gasteiger partial charge on any atom is 0.217 e. The molecule has 0 saturated carbocycles. The van der Waals surface area contributed by atoms with Gasteiger partial charge in [-0.15, -0.1) is 10.2 Å². The highest BCUT2D eigenvalue weighted by atomic mass is 32.1. The molecule has 1 aromatic heterocycles. The molecular formula is C27H31N5O2S. The van der Waals surface area contributed by atoms with Crippen molar-refractivity contribution in [2.75, 3.05) is 13.1 Å². The van der Waals surface area contributed by atoms with Crippen molar-refractivity contribution in [1.82, 2.24) is 15.1 Å². The first kappa shape index (κ1) is 24.8. The SMILES string of the molecule is Cc1c(-c2nnc(-c3ccc(OC(C)C)c(C#N)c3)s2)ccc2c1CCN(CCCCC(N)=O)C2. The van der Waals surface area contributed by atoms with Crippen LogP contribution in [0.2, 0.25) is 0 Å². The second-order valence-corrected chi connectivity index (χ2v) is 10.2. The van der Waals surface area contributed by atoms with E-state index in [0.717, 1.165) is 60.0 Å². The van der Waals surface area contributed by atoms with Gasteiger partial charge in [0.2, 0.25) is 5.91 Å². The number of carbonyl (C=O) groups excluding carboxylic acids is 1. The van der Waals surface area contributed by atoms with Crippen molar-refractivity contribution in [2.24, 2.45) is 5.73 Å². The number of hydrogen-bond donors (Lipinski definition) is 1. The normalized spacial score (nSPS) is 13.5. The van der Waals surface area contributed by atoms with Crippen molar-refractivity contribution in [3.63, 3.8) is 0 Å². The molecule has 0 unspecified atom stereocenters. The largest absolute Gasteiger partial charge is 0.490 e. The number of aromatic nitrogens is 2. The quantitative estimate of drug-likeness (QED) is 0.431. The topological polar surface area (TPSA) is 105 Å². The Morgan fingerprint density at radius 1 is 1.23 bits per heavy atom. The van der Waals surface area contributed by atoms with Gasteiger partial charge in [0.15, 0.2) is 0 Å². The third-order valence-corrected chi connectivity index (χ3v) is 7.29. The fourth-order valence-corrected chi connectivity index (χ4v) is 5.43. The molecule has 0 fully saturated rings. The van der Waals surface area contributed by atoms with Crippen molar-refractivity contribution in [3.05, 3.63) is 52.6 Å². The molecule has 1 aliphatic rings. The summed E-state index contributed by atoms with van der Waals surface area (Å²) in [5, 5.41) is 20.1. The predicted molar refractivity (Wildman–Crippen MR) is 138 cm³/mol. The van der Waals surface area contributed by atoms with Gasteiger partial charge in [0.25, 0.3) is 0 Å². The highest BCUT2D eigenvalue weighted by Crippen LogP contribution is 2.36. The van der Waals surface area contributed by atoms with E-state index in [9.17, 15) is 10.1 Å². The van der Waals surface area contributed by atoms with Gasteiger partial charge in [0.05, 0.1) is 11.7 Å². The van der Waals surface area contributed by atoms with Crippen LogP contribution in [0.1, 0.15) is 55.4 Å². The summed E-state index contributed by atoms with van der Waals surface area (Å²) in [4.78, 5) is 13.4. The van der Waals surface area contributed by atoms with E-state index in [1.54, 1.807) is 0 Å². The number of benzene rings is 2. The molecule has 1 amide bonds. The lowest BCUT2D eigenvalue weighted by atomic mass is 9.92. The van der Waals surface area contributed by atoms with E-state index in [1.807, 2.05) is 32.0 Å². The average Bonchev–Trinajstić information content (AvgIpc) is 3.32. The monoisotopic (exact) mass is 489 g/mol. The summed E-state index contributed by atoms with van der Waals surface area (Å²) in [5.74, 6) is 0.364. The molecule has 4 rings (SSSR count). The molecule has 182 valence electrons. The minimum absolute atomic E-state index is 0.00183. The van der Waals surface area contributed by atoms with E-state index in [4.69, 9.17) is 10.5 Å². The van der Waals surface area contributed by atoms with E-state index >= 15 is 0 Å². The van der Waals surface area contributed by atoms with E-state index in [-0.39, 0.29) is 12.0 Å². The van der Waals surface area contributed by atoms with Crippen LogP contribution < -0.4 is 10.5 Å². The summed E-state index contributed by atoms with van der Waals surface area (Å²) < 4.78 is 5.74. The Morgan fingerprint density at radius 3 is 2.77 bits per heavy atom. The molecule has 8 heteroatoms. The first-order valence-electron chi connectivity index (χ1n) is 12.0. The van der Waals surface area contributed by atoms with E-state index in [1.165, 1.54) is 28.0 Å². The standard InChI is InChI=1S/C27H31N5O2S/c1-17(2)34-24-10-8-19(14-21(24)15-28)26-30-31-27(35-26)23-9-7-20-16-32(12-5-4-6-25(29)33)13-11-22(20)18(23)3/h7-10,14,17H,4-6,11-13,16H2,1-3H3,(H2,29,33). The van der Waals surface area contributed by atoms with Crippen LogP contribution in [0.25, 0.3) is 21.1 Å². The van der Waals surface area contributed by atoms with E-state index < -0.39 is 0 Å². The minimum Gasteiger partial charge on any atom is -0.490 e. The molecule has 1 aliphatic heterocycles. The fraction of sp³-hybridized carbons (Fsp3) is 0.407. The van der Waals surface area contributed by atoms with E-state index in [0.29, 0.717) is 17.7 Å². The molecule has 0 spiro atoms. The number of carbonyl (C=O) groups is 1. The van der Waals surface area contributed by atoms with Crippen LogP contribution in [-0.4, -0.2) is 40.2 Å². The number of nitrogens with two attached hydrogens (primary N) is 1. The van der Waals surface area contributed by atoms with Gasteiger partial charge in [0, 0.05) is 30.6 Å².